The van der Waals surface area contributed by atoms with E-state index in [2.05, 4.69) is 15.1 Å². The van der Waals surface area contributed by atoms with Crippen LogP contribution in [0.3, 0.4) is 0 Å². The molecular formula is C13H10N4O3. The first-order chi connectivity index (χ1) is 9.65. The number of rotatable bonds is 3. The molecule has 0 unspecified atom stereocenters. The fourth-order valence-electron chi connectivity index (χ4n) is 1.84. The predicted octanol–water partition coefficient (Wildman–Crippen LogP) is 1.92. The van der Waals surface area contributed by atoms with Gasteiger partial charge >= 0.3 is 5.97 Å². The number of aryl methyl sites for hydroxylation is 1. The van der Waals surface area contributed by atoms with Gasteiger partial charge in [0.1, 0.15) is 11.9 Å². The summed E-state index contributed by atoms with van der Waals surface area (Å²) in [7, 11) is 0. The summed E-state index contributed by atoms with van der Waals surface area (Å²) in [4.78, 5) is 19.1. The molecule has 0 saturated heterocycles. The minimum atomic E-state index is -1.08. The normalized spacial score (nSPS) is 10.7. The lowest BCUT2D eigenvalue weighted by Crippen LogP contribution is -2.03. The van der Waals surface area contributed by atoms with Gasteiger partial charge in [-0.15, -0.1) is 0 Å². The van der Waals surface area contributed by atoms with Gasteiger partial charge in [-0.3, -0.25) is 4.98 Å². The molecule has 0 aliphatic heterocycles. The van der Waals surface area contributed by atoms with E-state index < -0.39 is 5.97 Å². The summed E-state index contributed by atoms with van der Waals surface area (Å²) in [5.41, 5.74) is 1.59. The highest BCUT2D eigenvalue weighted by Gasteiger charge is 2.14. The Morgan fingerprint density at radius 1 is 1.40 bits per heavy atom. The summed E-state index contributed by atoms with van der Waals surface area (Å²) >= 11 is 0. The predicted molar refractivity (Wildman–Crippen MR) is 69.0 cm³/mol. The van der Waals surface area contributed by atoms with E-state index >= 15 is 0 Å². The minimum absolute atomic E-state index is 0.0368. The Kier molecular flexibility index (Phi) is 2.79. The molecule has 3 aromatic heterocycles. The van der Waals surface area contributed by atoms with Crippen LogP contribution in [0.25, 0.3) is 5.65 Å². The molecule has 20 heavy (non-hydrogen) atoms. The first kappa shape index (κ1) is 12.1. The molecule has 0 aliphatic carbocycles. The van der Waals surface area contributed by atoms with Crippen molar-refractivity contribution in [3.63, 3.8) is 0 Å². The topological polar surface area (TPSA) is 89.6 Å². The Labute approximate surface area is 113 Å². The van der Waals surface area contributed by atoms with Crippen LogP contribution in [-0.2, 0) is 0 Å². The second kappa shape index (κ2) is 4.61. The Morgan fingerprint density at radius 2 is 2.25 bits per heavy atom. The highest BCUT2D eigenvalue weighted by Crippen LogP contribution is 2.25. The van der Waals surface area contributed by atoms with Gasteiger partial charge < -0.3 is 9.84 Å². The highest BCUT2D eigenvalue weighted by molar-refractivity contribution is 5.90. The van der Waals surface area contributed by atoms with E-state index in [0.717, 1.165) is 5.56 Å². The first-order valence-electron chi connectivity index (χ1n) is 5.80. The summed E-state index contributed by atoms with van der Waals surface area (Å²) in [5, 5.41) is 13.2. The lowest BCUT2D eigenvalue weighted by molar-refractivity contribution is 0.0694. The number of carboxylic acid groups (broad SMARTS) is 1. The zero-order chi connectivity index (χ0) is 14.1. The second-order valence-electron chi connectivity index (χ2n) is 4.18. The fourth-order valence-corrected chi connectivity index (χ4v) is 1.84. The van der Waals surface area contributed by atoms with Crippen molar-refractivity contribution >= 4 is 11.6 Å². The Morgan fingerprint density at radius 3 is 3.05 bits per heavy atom. The maximum Gasteiger partial charge on any atom is 0.339 e. The van der Waals surface area contributed by atoms with Crippen LogP contribution in [0, 0.1) is 6.92 Å². The van der Waals surface area contributed by atoms with Crippen molar-refractivity contribution in [2.45, 2.75) is 6.92 Å². The van der Waals surface area contributed by atoms with Crippen LogP contribution in [-0.4, -0.2) is 30.7 Å². The summed E-state index contributed by atoms with van der Waals surface area (Å²) in [6, 6.07) is 4.98. The molecule has 1 N–H and O–H groups in total. The quantitative estimate of drug-likeness (QED) is 0.782. The molecule has 0 spiro atoms. The smallest absolute Gasteiger partial charge is 0.339 e. The van der Waals surface area contributed by atoms with E-state index in [9.17, 15) is 4.79 Å². The van der Waals surface area contributed by atoms with E-state index in [1.165, 1.54) is 29.3 Å². The second-order valence-corrected chi connectivity index (χ2v) is 4.18. The van der Waals surface area contributed by atoms with Crippen LogP contribution in [0.15, 0.2) is 36.9 Å². The summed E-state index contributed by atoms with van der Waals surface area (Å²) in [5.74, 6) is -0.541. The SMILES string of the molecule is Cc1cc(Oc2cnccc2C(=O)O)n2ncnc2c1. The summed E-state index contributed by atoms with van der Waals surface area (Å²) in [6.45, 7) is 1.89. The zero-order valence-corrected chi connectivity index (χ0v) is 10.5. The Hall–Kier alpha value is -2.96. The zero-order valence-electron chi connectivity index (χ0n) is 10.5. The number of ether oxygens (including phenoxy) is 1. The number of aromatic carboxylic acids is 1. The number of carbonyl (C=O) groups is 1. The largest absolute Gasteiger partial charge is 0.478 e. The maximum atomic E-state index is 11.1. The van der Waals surface area contributed by atoms with Crippen LogP contribution in [0.2, 0.25) is 0 Å². The Balaban J connectivity index is 2.10. The van der Waals surface area contributed by atoms with Crippen molar-refractivity contribution in [3.8, 4) is 11.6 Å². The molecule has 100 valence electrons. The van der Waals surface area contributed by atoms with Gasteiger partial charge in [-0.25, -0.2) is 9.78 Å². The average Bonchev–Trinajstić information content (AvgIpc) is 2.87. The van der Waals surface area contributed by atoms with Gasteiger partial charge in [-0.2, -0.15) is 9.61 Å². The average molecular weight is 270 g/mol. The third kappa shape index (κ3) is 2.05. The van der Waals surface area contributed by atoms with Crippen LogP contribution < -0.4 is 4.74 Å². The molecule has 0 fully saturated rings. The molecule has 0 radical (unpaired) electrons. The van der Waals surface area contributed by atoms with Gasteiger partial charge in [-0.1, -0.05) is 0 Å². The minimum Gasteiger partial charge on any atom is -0.478 e. The maximum absolute atomic E-state index is 11.1. The van der Waals surface area contributed by atoms with E-state index in [0.29, 0.717) is 11.5 Å². The molecule has 0 aromatic carbocycles. The van der Waals surface area contributed by atoms with Gasteiger partial charge in [0, 0.05) is 12.3 Å². The van der Waals surface area contributed by atoms with E-state index in [-0.39, 0.29) is 11.3 Å². The van der Waals surface area contributed by atoms with Crippen molar-refractivity contribution in [1.82, 2.24) is 19.6 Å². The van der Waals surface area contributed by atoms with Crippen molar-refractivity contribution in [3.05, 3.63) is 48.0 Å². The number of aromatic nitrogens is 4. The number of hydrogen-bond donors (Lipinski definition) is 1. The van der Waals surface area contributed by atoms with Gasteiger partial charge in [-0.05, 0) is 24.6 Å². The fraction of sp³-hybridized carbons (Fsp3) is 0.0769. The third-order valence-corrected chi connectivity index (χ3v) is 2.72. The van der Waals surface area contributed by atoms with E-state index in [1.54, 1.807) is 6.07 Å². The molecule has 0 amide bonds. The summed E-state index contributed by atoms with van der Waals surface area (Å²) in [6.07, 6.45) is 4.16. The lowest BCUT2D eigenvalue weighted by Gasteiger charge is -2.09. The Bertz CT molecular complexity index is 797. The number of carboxylic acids is 1. The molecule has 7 heteroatoms. The molecule has 0 atom stereocenters. The standard InChI is InChI=1S/C13H10N4O3/c1-8-4-11-15-7-16-17(11)12(5-8)20-10-6-14-3-2-9(10)13(18)19/h2-7H,1H3,(H,18,19). The molecule has 0 aliphatic rings. The third-order valence-electron chi connectivity index (χ3n) is 2.72. The molecule has 3 heterocycles. The van der Waals surface area contributed by atoms with Gasteiger partial charge in [0.2, 0.25) is 5.88 Å². The van der Waals surface area contributed by atoms with Gasteiger partial charge in [0.05, 0.1) is 6.20 Å². The van der Waals surface area contributed by atoms with Crippen LogP contribution in [0.4, 0.5) is 0 Å². The molecular weight excluding hydrogens is 260 g/mol. The van der Waals surface area contributed by atoms with Crippen LogP contribution in [0.5, 0.6) is 11.6 Å². The van der Waals surface area contributed by atoms with Crippen molar-refractivity contribution in [2.75, 3.05) is 0 Å². The summed E-state index contributed by atoms with van der Waals surface area (Å²) < 4.78 is 7.13. The number of hydrogen-bond acceptors (Lipinski definition) is 5. The molecule has 0 bridgehead atoms. The number of pyridine rings is 2. The van der Waals surface area contributed by atoms with Crippen molar-refractivity contribution < 1.29 is 14.6 Å². The van der Waals surface area contributed by atoms with Crippen molar-refractivity contribution in [2.24, 2.45) is 0 Å². The molecule has 7 nitrogen and oxygen atoms in total. The lowest BCUT2D eigenvalue weighted by atomic mass is 10.2. The first-order valence-corrected chi connectivity index (χ1v) is 5.80. The van der Waals surface area contributed by atoms with Crippen LogP contribution in [0.1, 0.15) is 15.9 Å². The monoisotopic (exact) mass is 270 g/mol. The van der Waals surface area contributed by atoms with E-state index in [4.69, 9.17) is 9.84 Å². The molecule has 0 saturated carbocycles. The molecule has 3 aromatic rings. The molecule has 3 rings (SSSR count). The van der Waals surface area contributed by atoms with E-state index in [1.807, 2.05) is 13.0 Å². The number of nitrogens with zero attached hydrogens (tertiary/aromatic N) is 4. The number of fused-ring (bicyclic) bond motifs is 1. The van der Waals surface area contributed by atoms with Crippen molar-refractivity contribution in [1.29, 1.82) is 0 Å². The highest BCUT2D eigenvalue weighted by atomic mass is 16.5. The van der Waals surface area contributed by atoms with Gasteiger partial charge in [0.15, 0.2) is 11.4 Å². The van der Waals surface area contributed by atoms with Crippen LogP contribution >= 0.6 is 0 Å². The van der Waals surface area contributed by atoms with Gasteiger partial charge in [0.25, 0.3) is 0 Å².